The normalized spacial score (nSPS) is 15.4. The van der Waals surface area contributed by atoms with Crippen molar-refractivity contribution in [1.29, 1.82) is 0 Å². The molecule has 30 heavy (non-hydrogen) atoms. The lowest BCUT2D eigenvalue weighted by Crippen LogP contribution is -2.28. The van der Waals surface area contributed by atoms with E-state index in [0.717, 1.165) is 16.7 Å². The molecule has 1 saturated heterocycles. The number of ether oxygens (including phenoxy) is 2. The van der Waals surface area contributed by atoms with Gasteiger partial charge in [0.25, 0.3) is 11.1 Å². The first-order valence-corrected chi connectivity index (χ1v) is 10.5. The van der Waals surface area contributed by atoms with Crippen LogP contribution in [0.2, 0.25) is 5.02 Å². The van der Waals surface area contributed by atoms with E-state index in [9.17, 15) is 14.0 Å². The lowest BCUT2D eigenvalue weighted by Gasteiger charge is -2.14. The third-order valence-corrected chi connectivity index (χ3v) is 5.57. The van der Waals surface area contributed by atoms with Crippen LogP contribution in [0.15, 0.2) is 41.3 Å². The number of carbonyl (C=O) groups excluding carboxylic acids is 2. The molecule has 0 atom stereocenters. The Hall–Kier alpha value is -2.51. The minimum Gasteiger partial charge on any atom is -0.493 e. The van der Waals surface area contributed by atoms with Crippen molar-refractivity contribution in [3.05, 3.63) is 63.3 Å². The Morgan fingerprint density at radius 1 is 1.20 bits per heavy atom. The summed E-state index contributed by atoms with van der Waals surface area (Å²) in [6.45, 7) is 4.42. The van der Waals surface area contributed by atoms with Crippen molar-refractivity contribution >= 4 is 40.6 Å². The number of nitrogens with zero attached hydrogens (tertiary/aromatic N) is 1. The number of imide groups is 1. The van der Waals surface area contributed by atoms with Crippen molar-refractivity contribution < 1.29 is 23.5 Å². The van der Waals surface area contributed by atoms with Crippen molar-refractivity contribution in [2.24, 2.45) is 5.92 Å². The van der Waals surface area contributed by atoms with Gasteiger partial charge in [-0.15, -0.1) is 0 Å². The largest absolute Gasteiger partial charge is 0.493 e. The Labute approximate surface area is 183 Å². The molecular weight excluding hydrogens is 429 g/mol. The number of methoxy groups -OCH3 is 1. The Morgan fingerprint density at radius 2 is 1.97 bits per heavy atom. The van der Waals surface area contributed by atoms with E-state index in [1.165, 1.54) is 25.3 Å². The average molecular weight is 450 g/mol. The predicted molar refractivity (Wildman–Crippen MR) is 116 cm³/mol. The van der Waals surface area contributed by atoms with Crippen LogP contribution in [0.25, 0.3) is 6.08 Å². The molecule has 1 heterocycles. The summed E-state index contributed by atoms with van der Waals surface area (Å²) in [7, 11) is 1.54. The van der Waals surface area contributed by atoms with Crippen LogP contribution in [0, 0.1) is 11.7 Å². The fourth-order valence-corrected chi connectivity index (χ4v) is 3.84. The first-order chi connectivity index (χ1) is 14.3. The highest BCUT2D eigenvalue weighted by Crippen LogP contribution is 2.36. The van der Waals surface area contributed by atoms with E-state index >= 15 is 0 Å². The smallest absolute Gasteiger partial charge is 0.293 e. The average Bonchev–Trinajstić information content (AvgIpc) is 2.96. The Balaban J connectivity index is 1.81. The van der Waals surface area contributed by atoms with Crippen molar-refractivity contribution in [1.82, 2.24) is 4.90 Å². The van der Waals surface area contributed by atoms with E-state index in [2.05, 4.69) is 0 Å². The number of hydrogen-bond donors (Lipinski definition) is 0. The maximum atomic E-state index is 14.1. The Kier molecular flexibility index (Phi) is 7.05. The Morgan fingerprint density at radius 3 is 2.63 bits per heavy atom. The van der Waals surface area contributed by atoms with Gasteiger partial charge in [-0.3, -0.25) is 14.5 Å². The molecule has 1 aliphatic rings. The van der Waals surface area contributed by atoms with E-state index in [-0.39, 0.29) is 22.0 Å². The number of carbonyl (C=O) groups is 2. The first-order valence-electron chi connectivity index (χ1n) is 9.29. The molecule has 0 spiro atoms. The summed E-state index contributed by atoms with van der Waals surface area (Å²) in [6.07, 6.45) is 1.60. The fourth-order valence-electron chi connectivity index (χ4n) is 2.78. The highest BCUT2D eigenvalue weighted by atomic mass is 35.5. The molecule has 0 saturated carbocycles. The van der Waals surface area contributed by atoms with Gasteiger partial charge in [0.1, 0.15) is 5.82 Å². The Bertz CT molecular complexity index is 988. The number of benzene rings is 2. The van der Waals surface area contributed by atoms with E-state index < -0.39 is 17.0 Å². The van der Waals surface area contributed by atoms with Gasteiger partial charge in [-0.25, -0.2) is 4.39 Å². The van der Waals surface area contributed by atoms with Crippen LogP contribution in [0.3, 0.4) is 0 Å². The maximum absolute atomic E-state index is 14.1. The molecular formula is C22H21ClFNO4S. The number of halogens is 2. The molecule has 0 bridgehead atoms. The lowest BCUT2D eigenvalue weighted by molar-refractivity contribution is -0.123. The van der Waals surface area contributed by atoms with Gasteiger partial charge in [-0.05, 0) is 53.6 Å². The quantitative estimate of drug-likeness (QED) is 0.503. The van der Waals surface area contributed by atoms with Crippen LogP contribution in [-0.2, 0) is 11.3 Å². The van der Waals surface area contributed by atoms with E-state index in [0.29, 0.717) is 29.6 Å². The van der Waals surface area contributed by atoms with Crippen molar-refractivity contribution in [2.45, 2.75) is 20.4 Å². The standard InChI is InChI=1S/C22H21ClFNO4S/c1-13(2)12-29-18-8-7-14(9-19(18)28-3)10-20-21(26)25(22(27)30-20)11-15-16(23)5-4-6-17(15)24/h4-10,13H,11-12H2,1-3H3/b20-10-. The van der Waals surface area contributed by atoms with Crippen LogP contribution >= 0.6 is 23.4 Å². The van der Waals surface area contributed by atoms with Crippen LogP contribution in [0.4, 0.5) is 9.18 Å². The van der Waals surface area contributed by atoms with Gasteiger partial charge in [0, 0.05) is 10.6 Å². The molecule has 158 valence electrons. The molecule has 0 aromatic heterocycles. The van der Waals surface area contributed by atoms with Gasteiger partial charge in [-0.1, -0.05) is 37.6 Å². The highest BCUT2D eigenvalue weighted by molar-refractivity contribution is 8.18. The monoisotopic (exact) mass is 449 g/mol. The molecule has 0 radical (unpaired) electrons. The molecule has 0 unspecified atom stereocenters. The number of hydrogen-bond acceptors (Lipinski definition) is 5. The maximum Gasteiger partial charge on any atom is 0.293 e. The molecule has 5 nitrogen and oxygen atoms in total. The molecule has 0 aliphatic carbocycles. The zero-order valence-corrected chi connectivity index (χ0v) is 18.3. The van der Waals surface area contributed by atoms with E-state index in [1.54, 1.807) is 24.3 Å². The second kappa shape index (κ2) is 9.53. The third kappa shape index (κ3) is 4.96. The second-order valence-corrected chi connectivity index (χ2v) is 8.48. The van der Waals surface area contributed by atoms with Gasteiger partial charge < -0.3 is 9.47 Å². The van der Waals surface area contributed by atoms with E-state index in [4.69, 9.17) is 21.1 Å². The minimum atomic E-state index is -0.563. The van der Waals surface area contributed by atoms with E-state index in [1.807, 2.05) is 13.8 Å². The van der Waals surface area contributed by atoms with Crippen LogP contribution < -0.4 is 9.47 Å². The summed E-state index contributed by atoms with van der Waals surface area (Å²) in [4.78, 5) is 26.3. The summed E-state index contributed by atoms with van der Waals surface area (Å²) >= 11 is 6.83. The summed E-state index contributed by atoms with van der Waals surface area (Å²) in [5.74, 6) is 0.437. The van der Waals surface area contributed by atoms with Gasteiger partial charge in [0.2, 0.25) is 0 Å². The molecule has 8 heteroatoms. The number of thioether (sulfide) groups is 1. The van der Waals surface area contributed by atoms with Crippen LogP contribution in [0.1, 0.15) is 25.0 Å². The molecule has 0 N–H and O–H groups in total. The number of amides is 2. The highest BCUT2D eigenvalue weighted by Gasteiger charge is 2.36. The fraction of sp³-hybridized carbons (Fsp3) is 0.273. The van der Waals surface area contributed by atoms with Gasteiger partial charge in [0.05, 0.1) is 25.2 Å². The third-order valence-electron chi connectivity index (χ3n) is 4.31. The predicted octanol–water partition coefficient (Wildman–Crippen LogP) is 5.76. The zero-order chi connectivity index (χ0) is 21.8. The van der Waals surface area contributed by atoms with Crippen molar-refractivity contribution in [3.63, 3.8) is 0 Å². The second-order valence-electron chi connectivity index (χ2n) is 7.08. The summed E-state index contributed by atoms with van der Waals surface area (Å²) < 4.78 is 25.2. The number of rotatable bonds is 7. The van der Waals surface area contributed by atoms with Gasteiger partial charge in [0.15, 0.2) is 11.5 Å². The molecule has 1 fully saturated rings. The van der Waals surface area contributed by atoms with Crippen molar-refractivity contribution in [3.8, 4) is 11.5 Å². The van der Waals surface area contributed by atoms with Crippen molar-refractivity contribution in [2.75, 3.05) is 13.7 Å². The molecule has 2 amide bonds. The van der Waals surface area contributed by atoms with Gasteiger partial charge in [-0.2, -0.15) is 0 Å². The molecule has 3 rings (SSSR count). The first kappa shape index (κ1) is 22.2. The minimum absolute atomic E-state index is 0.107. The molecule has 2 aromatic carbocycles. The summed E-state index contributed by atoms with van der Waals surface area (Å²) in [6, 6.07) is 9.50. The lowest BCUT2D eigenvalue weighted by atomic mass is 10.1. The van der Waals surface area contributed by atoms with Crippen LogP contribution in [-0.4, -0.2) is 29.8 Å². The SMILES string of the molecule is COc1cc(/C=C2\SC(=O)N(Cc3c(F)cccc3Cl)C2=O)ccc1OCC(C)C. The zero-order valence-electron chi connectivity index (χ0n) is 16.8. The van der Waals surface area contributed by atoms with Crippen LogP contribution in [0.5, 0.6) is 11.5 Å². The summed E-state index contributed by atoms with van der Waals surface area (Å²) in [5, 5.41) is -0.311. The van der Waals surface area contributed by atoms with Gasteiger partial charge >= 0.3 is 0 Å². The molecule has 1 aliphatic heterocycles. The summed E-state index contributed by atoms with van der Waals surface area (Å²) in [5.41, 5.74) is 0.786. The molecule has 2 aromatic rings. The topological polar surface area (TPSA) is 55.8 Å².